The van der Waals surface area contributed by atoms with Crippen LogP contribution < -0.4 is 0 Å². The molecule has 0 aromatic heterocycles. The van der Waals surface area contributed by atoms with Crippen LogP contribution in [0.4, 0.5) is 0 Å². The van der Waals surface area contributed by atoms with Crippen molar-refractivity contribution in [1.82, 2.24) is 0 Å². The van der Waals surface area contributed by atoms with Crippen LogP contribution in [0.25, 0.3) is 0 Å². The summed E-state index contributed by atoms with van der Waals surface area (Å²) in [6, 6.07) is 8.77. The highest BCUT2D eigenvalue weighted by Gasteiger charge is 2.19. The highest BCUT2D eigenvalue weighted by Crippen LogP contribution is 2.14. The van der Waals surface area contributed by atoms with Gasteiger partial charge in [-0.05, 0) is 45.7 Å². The molecule has 0 saturated heterocycles. The van der Waals surface area contributed by atoms with Crippen LogP contribution in [-0.4, -0.2) is 36.6 Å². The summed E-state index contributed by atoms with van der Waals surface area (Å²) >= 11 is 0. The van der Waals surface area contributed by atoms with Crippen molar-refractivity contribution < 1.29 is 14.0 Å². The number of benzene rings is 1. The fraction of sp³-hybridized carbons (Fsp3) is 0.710. The van der Waals surface area contributed by atoms with Gasteiger partial charge in [0.05, 0.1) is 38.0 Å². The first-order chi connectivity index (χ1) is 16.6. The second kappa shape index (κ2) is 23.1. The van der Waals surface area contributed by atoms with Gasteiger partial charge in [-0.2, -0.15) is 0 Å². The largest absolute Gasteiger partial charge is 0.432 e. The molecule has 1 rings (SSSR count). The molecule has 0 N–H and O–H groups in total. The Morgan fingerprint density at radius 3 is 1.50 bits per heavy atom. The maximum atomic E-state index is 11.0. The Morgan fingerprint density at radius 1 is 0.706 bits per heavy atom. The summed E-state index contributed by atoms with van der Waals surface area (Å²) in [6.07, 6.45) is 21.6. The standard InChI is InChI=1S/C22H48N.C9H8O2/c1-5-9-10-11-12-13-14-15-16-17-18-19-20-21-22-23(6-2,7-3)8-4;1-2-11-9(10)8-6-4-3-5-7-8/h5-22H2,1-4H3;2-7H,1H2/q+1;. The van der Waals surface area contributed by atoms with Crippen LogP contribution in [0.15, 0.2) is 43.2 Å². The van der Waals surface area contributed by atoms with Crippen LogP contribution in [0.2, 0.25) is 0 Å². The third kappa shape index (κ3) is 16.9. The number of quaternary nitrogens is 1. The van der Waals surface area contributed by atoms with E-state index in [1.807, 2.05) is 6.07 Å². The minimum atomic E-state index is -0.374. The van der Waals surface area contributed by atoms with Crippen molar-refractivity contribution in [2.45, 2.75) is 118 Å². The number of unbranched alkanes of at least 4 members (excludes halogenated alkanes) is 13. The van der Waals surface area contributed by atoms with Crippen molar-refractivity contribution in [3.63, 3.8) is 0 Å². The maximum Gasteiger partial charge on any atom is 0.342 e. The van der Waals surface area contributed by atoms with Crippen LogP contribution in [0, 0.1) is 0 Å². The average Bonchev–Trinajstić information content (AvgIpc) is 2.88. The highest BCUT2D eigenvalue weighted by molar-refractivity contribution is 5.89. The van der Waals surface area contributed by atoms with Gasteiger partial charge in [0.25, 0.3) is 0 Å². The van der Waals surface area contributed by atoms with Gasteiger partial charge in [0, 0.05) is 0 Å². The Kier molecular flexibility index (Phi) is 22.1. The number of esters is 1. The SMILES string of the molecule is C=COC(=O)c1ccccc1.CCCCCCCCCCCCCCCC[N+](CC)(CC)CC. The number of ether oxygens (including phenoxy) is 1. The number of carbonyl (C=O) groups excluding carboxylic acids is 1. The normalized spacial score (nSPS) is 10.9. The van der Waals surface area contributed by atoms with Gasteiger partial charge >= 0.3 is 5.97 Å². The predicted molar refractivity (Wildman–Crippen MR) is 149 cm³/mol. The minimum absolute atomic E-state index is 0.374. The third-order valence-corrected chi connectivity index (χ3v) is 7.20. The summed E-state index contributed by atoms with van der Waals surface area (Å²) in [5.41, 5.74) is 0.535. The zero-order chi connectivity index (χ0) is 25.3. The van der Waals surface area contributed by atoms with Crippen molar-refractivity contribution >= 4 is 5.97 Å². The van der Waals surface area contributed by atoms with Crippen LogP contribution in [0.5, 0.6) is 0 Å². The summed E-state index contributed by atoms with van der Waals surface area (Å²) in [7, 11) is 0. The third-order valence-electron chi connectivity index (χ3n) is 7.20. The highest BCUT2D eigenvalue weighted by atomic mass is 16.5. The lowest BCUT2D eigenvalue weighted by atomic mass is 10.0. The van der Waals surface area contributed by atoms with E-state index < -0.39 is 0 Å². The lowest BCUT2D eigenvalue weighted by molar-refractivity contribution is -0.923. The van der Waals surface area contributed by atoms with Gasteiger partial charge in [-0.15, -0.1) is 0 Å². The first-order valence-corrected chi connectivity index (χ1v) is 14.3. The van der Waals surface area contributed by atoms with E-state index in [2.05, 4.69) is 39.0 Å². The molecule has 0 saturated carbocycles. The van der Waals surface area contributed by atoms with Crippen molar-refractivity contribution in [2.75, 3.05) is 26.2 Å². The lowest BCUT2D eigenvalue weighted by Crippen LogP contribution is -2.48. The molecule has 0 amide bonds. The first-order valence-electron chi connectivity index (χ1n) is 14.3. The van der Waals surface area contributed by atoms with E-state index in [-0.39, 0.29) is 5.97 Å². The number of hydrogen-bond acceptors (Lipinski definition) is 2. The van der Waals surface area contributed by atoms with E-state index in [0.29, 0.717) is 5.56 Å². The summed E-state index contributed by atoms with van der Waals surface area (Å²) < 4.78 is 5.88. The van der Waals surface area contributed by atoms with E-state index >= 15 is 0 Å². The molecule has 1 aromatic carbocycles. The number of carbonyl (C=O) groups is 1. The molecule has 0 fully saturated rings. The molecule has 0 atom stereocenters. The Bertz CT molecular complexity index is 572. The summed E-state index contributed by atoms with van der Waals surface area (Å²) in [5.74, 6) is -0.374. The lowest BCUT2D eigenvalue weighted by Gasteiger charge is -2.35. The van der Waals surface area contributed by atoms with Gasteiger partial charge < -0.3 is 9.22 Å². The second-order valence-corrected chi connectivity index (χ2v) is 9.55. The quantitative estimate of drug-likeness (QED) is 0.0814. The van der Waals surface area contributed by atoms with Crippen molar-refractivity contribution in [2.24, 2.45) is 0 Å². The molecule has 0 heterocycles. The Morgan fingerprint density at radius 2 is 1.12 bits per heavy atom. The van der Waals surface area contributed by atoms with Gasteiger partial charge in [0.2, 0.25) is 0 Å². The average molecular weight is 475 g/mol. The topological polar surface area (TPSA) is 26.3 Å². The molecule has 0 radical (unpaired) electrons. The molecule has 3 nitrogen and oxygen atoms in total. The smallest absolute Gasteiger partial charge is 0.342 e. The molecule has 0 unspecified atom stereocenters. The molecule has 0 aliphatic carbocycles. The molecular weight excluding hydrogens is 418 g/mol. The zero-order valence-corrected chi connectivity index (χ0v) is 23.2. The Balaban J connectivity index is 0.000000818. The number of rotatable bonds is 20. The fourth-order valence-electron chi connectivity index (χ4n) is 4.50. The Labute approximate surface area is 212 Å². The first kappa shape index (κ1) is 32.4. The number of nitrogens with zero attached hydrogens (tertiary/aromatic N) is 1. The molecule has 0 aliphatic rings. The second-order valence-electron chi connectivity index (χ2n) is 9.55. The van der Waals surface area contributed by atoms with Crippen LogP contribution in [0.3, 0.4) is 0 Å². The summed E-state index contributed by atoms with van der Waals surface area (Å²) in [6.45, 7) is 18.0. The molecule has 0 spiro atoms. The summed E-state index contributed by atoms with van der Waals surface area (Å²) in [4.78, 5) is 11.0. The number of hydrogen-bond donors (Lipinski definition) is 0. The van der Waals surface area contributed by atoms with E-state index in [9.17, 15) is 4.79 Å². The van der Waals surface area contributed by atoms with Gasteiger partial charge in [0.1, 0.15) is 0 Å². The predicted octanol–water partition coefficient (Wildman–Crippen LogP) is 9.33. The zero-order valence-electron chi connectivity index (χ0n) is 23.2. The van der Waals surface area contributed by atoms with Crippen molar-refractivity contribution in [3.05, 3.63) is 48.7 Å². The molecule has 34 heavy (non-hydrogen) atoms. The maximum absolute atomic E-state index is 11.0. The summed E-state index contributed by atoms with van der Waals surface area (Å²) in [5, 5.41) is 0. The van der Waals surface area contributed by atoms with E-state index in [1.54, 1.807) is 24.3 Å². The molecule has 3 heteroatoms. The molecule has 0 bridgehead atoms. The minimum Gasteiger partial charge on any atom is -0.432 e. The van der Waals surface area contributed by atoms with Gasteiger partial charge in [-0.1, -0.05) is 109 Å². The van der Waals surface area contributed by atoms with Gasteiger partial charge in [-0.25, -0.2) is 4.79 Å². The molecule has 0 aliphatic heterocycles. The van der Waals surface area contributed by atoms with Gasteiger partial charge in [0.15, 0.2) is 0 Å². The van der Waals surface area contributed by atoms with Crippen molar-refractivity contribution in [1.29, 1.82) is 0 Å². The Hall–Kier alpha value is -1.61. The van der Waals surface area contributed by atoms with Gasteiger partial charge in [-0.3, -0.25) is 0 Å². The van der Waals surface area contributed by atoms with Crippen LogP contribution >= 0.6 is 0 Å². The van der Waals surface area contributed by atoms with Crippen LogP contribution in [0.1, 0.15) is 128 Å². The van der Waals surface area contributed by atoms with E-state index in [0.717, 1.165) is 6.26 Å². The molecular formula is C31H56NO2+. The molecule has 196 valence electrons. The molecule has 1 aromatic rings. The van der Waals surface area contributed by atoms with Crippen molar-refractivity contribution in [3.8, 4) is 0 Å². The monoisotopic (exact) mass is 474 g/mol. The fourth-order valence-corrected chi connectivity index (χ4v) is 4.50. The van der Waals surface area contributed by atoms with Crippen LogP contribution in [-0.2, 0) is 4.74 Å². The van der Waals surface area contributed by atoms with E-state index in [1.165, 1.54) is 121 Å². The van der Waals surface area contributed by atoms with E-state index in [4.69, 9.17) is 0 Å².